The molecule has 0 amide bonds. The Bertz CT molecular complexity index is 358. The molecule has 0 aliphatic heterocycles. The summed E-state index contributed by atoms with van der Waals surface area (Å²) in [5, 5.41) is 17.7. The summed E-state index contributed by atoms with van der Waals surface area (Å²) >= 11 is 5.65. The molecule has 0 radical (unpaired) electrons. The highest BCUT2D eigenvalue weighted by Crippen LogP contribution is 2.12. The van der Waals surface area contributed by atoms with Crippen LogP contribution in [0.3, 0.4) is 0 Å². The summed E-state index contributed by atoms with van der Waals surface area (Å²) in [4.78, 5) is 10.2. The third-order valence-electron chi connectivity index (χ3n) is 1.37. The fraction of sp³-hybridized carbons (Fsp3) is 0. The normalized spacial score (nSPS) is 11.3. The fourth-order valence-corrected chi connectivity index (χ4v) is 1.01. The van der Waals surface area contributed by atoms with Gasteiger partial charge >= 0.3 is 5.97 Å². The van der Waals surface area contributed by atoms with Gasteiger partial charge in [0.1, 0.15) is 0 Å². The van der Waals surface area contributed by atoms with E-state index in [2.05, 4.69) is 0 Å². The average molecular weight is 199 g/mol. The molecule has 0 aliphatic carbocycles. The quantitative estimate of drug-likeness (QED) is 0.567. The zero-order valence-corrected chi connectivity index (χ0v) is 7.32. The van der Waals surface area contributed by atoms with Crippen LogP contribution in [0.1, 0.15) is 5.56 Å². The molecule has 1 rings (SSSR count). The number of aliphatic hydroxyl groups excluding tert-OH is 1. The van der Waals surface area contributed by atoms with Gasteiger partial charge in [0.2, 0.25) is 5.76 Å². The van der Waals surface area contributed by atoms with Crippen LogP contribution in [0.4, 0.5) is 0 Å². The molecule has 0 aliphatic rings. The van der Waals surface area contributed by atoms with Crippen molar-refractivity contribution >= 4 is 23.6 Å². The predicted molar refractivity (Wildman–Crippen MR) is 49.7 cm³/mol. The SMILES string of the molecule is O=C(O)C(O)=Cc1cccc(Cl)c1. The standard InChI is InChI=1S/C9H7ClO3/c10-7-3-1-2-6(4-7)5-8(11)9(12)13/h1-5,11H,(H,12,13). The Balaban J connectivity index is 2.97. The number of hydrogen-bond donors (Lipinski definition) is 2. The van der Waals surface area contributed by atoms with Gasteiger partial charge in [-0.15, -0.1) is 0 Å². The van der Waals surface area contributed by atoms with Crippen molar-refractivity contribution in [1.29, 1.82) is 0 Å². The van der Waals surface area contributed by atoms with Crippen LogP contribution in [0.25, 0.3) is 6.08 Å². The number of halogens is 1. The van der Waals surface area contributed by atoms with Gasteiger partial charge < -0.3 is 10.2 Å². The monoisotopic (exact) mass is 198 g/mol. The molecule has 0 unspecified atom stereocenters. The molecule has 0 saturated carbocycles. The fourth-order valence-electron chi connectivity index (χ4n) is 0.816. The van der Waals surface area contributed by atoms with E-state index in [1.165, 1.54) is 0 Å². The van der Waals surface area contributed by atoms with Gasteiger partial charge in [0, 0.05) is 5.02 Å². The lowest BCUT2D eigenvalue weighted by atomic mass is 10.2. The maximum absolute atomic E-state index is 10.2. The molecule has 3 nitrogen and oxygen atoms in total. The lowest BCUT2D eigenvalue weighted by Crippen LogP contribution is -1.98. The summed E-state index contributed by atoms with van der Waals surface area (Å²) < 4.78 is 0. The molecule has 2 N–H and O–H groups in total. The first kappa shape index (κ1) is 9.61. The van der Waals surface area contributed by atoms with Crippen LogP contribution in [0.5, 0.6) is 0 Å². The van der Waals surface area contributed by atoms with Crippen LogP contribution in [0.15, 0.2) is 30.0 Å². The van der Waals surface area contributed by atoms with Gasteiger partial charge in [-0.05, 0) is 23.8 Å². The number of aliphatic hydroxyl groups is 1. The number of benzene rings is 1. The number of carboxylic acids is 1. The Morgan fingerprint density at radius 1 is 1.38 bits per heavy atom. The van der Waals surface area contributed by atoms with Crippen LogP contribution in [-0.4, -0.2) is 16.2 Å². The Hall–Kier alpha value is -1.48. The van der Waals surface area contributed by atoms with E-state index in [9.17, 15) is 4.79 Å². The zero-order chi connectivity index (χ0) is 9.84. The first-order chi connectivity index (χ1) is 6.09. The molecule has 0 spiro atoms. The van der Waals surface area contributed by atoms with Gasteiger partial charge in [0.05, 0.1) is 0 Å². The van der Waals surface area contributed by atoms with E-state index < -0.39 is 11.7 Å². The lowest BCUT2D eigenvalue weighted by molar-refractivity contribution is -0.135. The molecule has 0 aromatic heterocycles. The summed E-state index contributed by atoms with van der Waals surface area (Å²) in [5.41, 5.74) is 0.549. The molecule has 4 heteroatoms. The van der Waals surface area contributed by atoms with E-state index in [1.54, 1.807) is 24.3 Å². The van der Waals surface area contributed by atoms with E-state index >= 15 is 0 Å². The van der Waals surface area contributed by atoms with Crippen molar-refractivity contribution in [2.24, 2.45) is 0 Å². The van der Waals surface area contributed by atoms with Gasteiger partial charge in [-0.2, -0.15) is 0 Å². The number of carbonyl (C=O) groups is 1. The average Bonchev–Trinajstić information content (AvgIpc) is 2.04. The molecular formula is C9H7ClO3. The van der Waals surface area contributed by atoms with Crippen molar-refractivity contribution < 1.29 is 15.0 Å². The van der Waals surface area contributed by atoms with E-state index in [0.29, 0.717) is 10.6 Å². The van der Waals surface area contributed by atoms with Gasteiger partial charge in [0.25, 0.3) is 0 Å². The molecule has 0 heterocycles. The maximum atomic E-state index is 10.2. The highest BCUT2D eigenvalue weighted by molar-refractivity contribution is 6.30. The maximum Gasteiger partial charge on any atom is 0.370 e. The van der Waals surface area contributed by atoms with Crippen LogP contribution in [-0.2, 0) is 4.79 Å². The van der Waals surface area contributed by atoms with Crippen molar-refractivity contribution in [3.05, 3.63) is 40.6 Å². The second kappa shape index (κ2) is 3.96. The Labute approximate surface area is 79.9 Å². The van der Waals surface area contributed by atoms with Gasteiger partial charge in [-0.25, -0.2) is 4.79 Å². The number of aliphatic carboxylic acids is 1. The van der Waals surface area contributed by atoms with Crippen molar-refractivity contribution in [1.82, 2.24) is 0 Å². The van der Waals surface area contributed by atoms with E-state index in [4.69, 9.17) is 21.8 Å². The highest BCUT2D eigenvalue weighted by Gasteiger charge is 2.02. The Morgan fingerprint density at radius 3 is 2.62 bits per heavy atom. The number of hydrogen-bond acceptors (Lipinski definition) is 2. The summed E-state index contributed by atoms with van der Waals surface area (Å²) in [6, 6.07) is 6.53. The first-order valence-corrected chi connectivity index (χ1v) is 3.87. The van der Waals surface area contributed by atoms with Crippen LogP contribution < -0.4 is 0 Å². The van der Waals surface area contributed by atoms with E-state index in [1.807, 2.05) is 0 Å². The second-order valence-electron chi connectivity index (χ2n) is 2.39. The molecule has 0 atom stereocenters. The minimum Gasteiger partial charge on any atom is -0.502 e. The first-order valence-electron chi connectivity index (χ1n) is 3.49. The van der Waals surface area contributed by atoms with Gasteiger partial charge in [-0.3, -0.25) is 0 Å². The lowest BCUT2D eigenvalue weighted by Gasteiger charge is -1.95. The highest BCUT2D eigenvalue weighted by atomic mass is 35.5. The molecule has 1 aromatic rings. The molecule has 13 heavy (non-hydrogen) atoms. The van der Waals surface area contributed by atoms with Crippen molar-refractivity contribution in [3.63, 3.8) is 0 Å². The third-order valence-corrected chi connectivity index (χ3v) is 1.61. The zero-order valence-electron chi connectivity index (χ0n) is 6.57. The Morgan fingerprint density at radius 2 is 2.08 bits per heavy atom. The summed E-state index contributed by atoms with van der Waals surface area (Å²) in [6.45, 7) is 0. The minimum absolute atomic E-state index is 0.493. The second-order valence-corrected chi connectivity index (χ2v) is 2.83. The molecule has 0 saturated heterocycles. The Kier molecular flexibility index (Phi) is 2.93. The predicted octanol–water partition coefficient (Wildman–Crippen LogP) is 2.32. The number of rotatable bonds is 2. The molecule has 0 fully saturated rings. The summed E-state index contributed by atoms with van der Waals surface area (Å²) in [5.74, 6) is -2.07. The van der Waals surface area contributed by atoms with Crippen LogP contribution in [0.2, 0.25) is 5.02 Å². The molecule has 0 bridgehead atoms. The molecule has 1 aromatic carbocycles. The van der Waals surface area contributed by atoms with Crippen molar-refractivity contribution in [2.45, 2.75) is 0 Å². The molecular weight excluding hydrogens is 192 g/mol. The third kappa shape index (κ3) is 2.80. The van der Waals surface area contributed by atoms with Gasteiger partial charge in [-0.1, -0.05) is 23.7 Å². The number of carboxylic acid groups (broad SMARTS) is 1. The van der Waals surface area contributed by atoms with Gasteiger partial charge in [0.15, 0.2) is 0 Å². The van der Waals surface area contributed by atoms with E-state index in [0.717, 1.165) is 6.08 Å². The van der Waals surface area contributed by atoms with Crippen molar-refractivity contribution in [2.75, 3.05) is 0 Å². The topological polar surface area (TPSA) is 57.5 Å². The molecule has 68 valence electrons. The summed E-state index contributed by atoms with van der Waals surface area (Å²) in [7, 11) is 0. The largest absolute Gasteiger partial charge is 0.502 e. The summed E-state index contributed by atoms with van der Waals surface area (Å²) in [6.07, 6.45) is 1.13. The van der Waals surface area contributed by atoms with E-state index in [-0.39, 0.29) is 0 Å². The minimum atomic E-state index is -1.36. The van der Waals surface area contributed by atoms with Crippen LogP contribution in [0, 0.1) is 0 Å². The van der Waals surface area contributed by atoms with Crippen molar-refractivity contribution in [3.8, 4) is 0 Å². The van der Waals surface area contributed by atoms with Crippen LogP contribution >= 0.6 is 11.6 Å². The smallest absolute Gasteiger partial charge is 0.370 e.